The molecule has 6 heteroatoms. The molecule has 0 saturated heterocycles. The lowest BCUT2D eigenvalue weighted by atomic mass is 10.1. The van der Waals surface area contributed by atoms with Crippen LogP contribution < -0.4 is 9.47 Å². The van der Waals surface area contributed by atoms with Gasteiger partial charge < -0.3 is 14.6 Å². The lowest BCUT2D eigenvalue weighted by molar-refractivity contribution is 0.0692. The van der Waals surface area contributed by atoms with Gasteiger partial charge in [-0.15, -0.1) is 11.3 Å². The van der Waals surface area contributed by atoms with E-state index in [-0.39, 0.29) is 5.69 Å². The molecule has 100 valence electrons. The zero-order valence-corrected chi connectivity index (χ0v) is 11.6. The Labute approximate surface area is 114 Å². The summed E-state index contributed by atoms with van der Waals surface area (Å²) in [7, 11) is 3.09. The predicted molar refractivity (Wildman–Crippen MR) is 72.4 cm³/mol. The number of carboxylic acid groups (broad SMARTS) is 1. The van der Waals surface area contributed by atoms with Gasteiger partial charge in [0.15, 0.2) is 17.2 Å². The van der Waals surface area contributed by atoms with Crippen molar-refractivity contribution in [1.82, 2.24) is 4.98 Å². The Morgan fingerprint density at radius 3 is 2.53 bits per heavy atom. The van der Waals surface area contributed by atoms with Crippen LogP contribution in [0.15, 0.2) is 18.2 Å². The topological polar surface area (TPSA) is 68.7 Å². The number of aryl methyl sites for hydroxylation is 1. The number of rotatable bonds is 4. The maximum atomic E-state index is 11.2. The molecule has 2 rings (SSSR count). The lowest BCUT2D eigenvalue weighted by Gasteiger charge is -2.08. The fourth-order valence-corrected chi connectivity index (χ4v) is 2.65. The number of methoxy groups -OCH3 is 2. The molecule has 1 N–H and O–H groups in total. The molecule has 0 saturated carbocycles. The summed E-state index contributed by atoms with van der Waals surface area (Å²) in [6, 6.07) is 5.29. The molecule has 1 aromatic heterocycles. The zero-order valence-electron chi connectivity index (χ0n) is 10.8. The molecule has 1 heterocycles. The van der Waals surface area contributed by atoms with Gasteiger partial charge in [0, 0.05) is 0 Å². The van der Waals surface area contributed by atoms with Crippen molar-refractivity contribution in [3.05, 3.63) is 28.9 Å². The monoisotopic (exact) mass is 279 g/mol. The van der Waals surface area contributed by atoms with Gasteiger partial charge in [-0.3, -0.25) is 0 Å². The fraction of sp³-hybridized carbons (Fsp3) is 0.231. The predicted octanol–water partition coefficient (Wildman–Crippen LogP) is 2.83. The largest absolute Gasteiger partial charge is 0.493 e. The Kier molecular flexibility index (Phi) is 3.71. The second kappa shape index (κ2) is 5.27. The van der Waals surface area contributed by atoms with Crippen molar-refractivity contribution in [3.63, 3.8) is 0 Å². The van der Waals surface area contributed by atoms with Crippen LogP contribution >= 0.6 is 11.3 Å². The first-order valence-corrected chi connectivity index (χ1v) is 6.31. The van der Waals surface area contributed by atoms with Crippen LogP contribution in [0.25, 0.3) is 10.4 Å². The van der Waals surface area contributed by atoms with Gasteiger partial charge in [0.25, 0.3) is 0 Å². The van der Waals surface area contributed by atoms with E-state index in [0.29, 0.717) is 21.4 Å². The van der Waals surface area contributed by atoms with Crippen LogP contribution in [-0.4, -0.2) is 30.3 Å². The van der Waals surface area contributed by atoms with Crippen molar-refractivity contribution >= 4 is 17.3 Å². The number of hydrogen-bond donors (Lipinski definition) is 1. The molecule has 0 unspecified atom stereocenters. The van der Waals surface area contributed by atoms with Crippen LogP contribution in [0.3, 0.4) is 0 Å². The van der Waals surface area contributed by atoms with E-state index in [1.807, 2.05) is 0 Å². The third kappa shape index (κ3) is 2.53. The number of aromatic carboxylic acids is 1. The number of thiazole rings is 1. The van der Waals surface area contributed by atoms with Gasteiger partial charge in [-0.25, -0.2) is 9.78 Å². The highest BCUT2D eigenvalue weighted by Gasteiger charge is 2.18. The minimum atomic E-state index is -1.03. The number of carboxylic acids is 1. The average Bonchev–Trinajstić information content (AvgIpc) is 2.80. The average molecular weight is 279 g/mol. The fourth-order valence-electron chi connectivity index (χ4n) is 1.75. The van der Waals surface area contributed by atoms with Crippen molar-refractivity contribution < 1.29 is 19.4 Å². The zero-order chi connectivity index (χ0) is 14.0. The summed E-state index contributed by atoms with van der Waals surface area (Å²) in [6.07, 6.45) is 0. The van der Waals surface area contributed by atoms with Crippen molar-refractivity contribution in [2.45, 2.75) is 6.92 Å². The van der Waals surface area contributed by atoms with Gasteiger partial charge in [0.2, 0.25) is 0 Å². The Morgan fingerprint density at radius 2 is 1.95 bits per heavy atom. The maximum absolute atomic E-state index is 11.2. The van der Waals surface area contributed by atoms with Crippen LogP contribution in [0.5, 0.6) is 11.5 Å². The summed E-state index contributed by atoms with van der Waals surface area (Å²) in [5.41, 5.74) is 0.815. The van der Waals surface area contributed by atoms with Crippen molar-refractivity contribution in [2.75, 3.05) is 14.2 Å². The number of ether oxygens (including phenoxy) is 2. The lowest BCUT2D eigenvalue weighted by Crippen LogP contribution is -1.99. The Morgan fingerprint density at radius 1 is 1.26 bits per heavy atom. The van der Waals surface area contributed by atoms with Crippen LogP contribution in [0.4, 0.5) is 0 Å². The van der Waals surface area contributed by atoms with Gasteiger partial charge in [-0.1, -0.05) is 0 Å². The van der Waals surface area contributed by atoms with Gasteiger partial charge in [0.1, 0.15) is 0 Å². The van der Waals surface area contributed by atoms with Crippen LogP contribution in [-0.2, 0) is 0 Å². The highest BCUT2D eigenvalue weighted by Crippen LogP contribution is 2.36. The van der Waals surface area contributed by atoms with E-state index >= 15 is 0 Å². The molecule has 0 spiro atoms. The van der Waals surface area contributed by atoms with Crippen LogP contribution in [0.1, 0.15) is 15.5 Å². The normalized spacial score (nSPS) is 10.3. The summed E-state index contributed by atoms with van der Waals surface area (Å²) in [4.78, 5) is 15.8. The summed E-state index contributed by atoms with van der Waals surface area (Å²) in [5, 5.41) is 9.87. The van der Waals surface area contributed by atoms with E-state index < -0.39 is 5.97 Å². The second-order valence-electron chi connectivity index (χ2n) is 3.79. The summed E-state index contributed by atoms with van der Waals surface area (Å²) in [5.74, 6) is 0.126. The second-order valence-corrected chi connectivity index (χ2v) is 4.99. The Hall–Kier alpha value is -2.08. The van der Waals surface area contributed by atoms with Crippen molar-refractivity contribution in [1.29, 1.82) is 0 Å². The van der Waals surface area contributed by atoms with Gasteiger partial charge in [-0.05, 0) is 30.7 Å². The number of benzene rings is 1. The molecular weight excluding hydrogens is 266 g/mol. The van der Waals surface area contributed by atoms with Crippen LogP contribution in [0, 0.1) is 6.92 Å². The smallest absolute Gasteiger partial charge is 0.356 e. The molecular formula is C13H13NO4S. The van der Waals surface area contributed by atoms with Gasteiger partial charge in [0.05, 0.1) is 24.1 Å². The number of hydrogen-bond acceptors (Lipinski definition) is 5. The first-order chi connectivity index (χ1) is 9.06. The van der Waals surface area contributed by atoms with E-state index in [0.717, 1.165) is 5.56 Å². The molecule has 5 nitrogen and oxygen atoms in total. The van der Waals surface area contributed by atoms with E-state index in [9.17, 15) is 4.79 Å². The number of nitrogens with zero attached hydrogens (tertiary/aromatic N) is 1. The molecule has 0 fully saturated rings. The SMILES string of the molecule is COc1ccc(-c2sc(C)nc2C(=O)O)cc1OC. The Bertz CT molecular complexity index is 621. The van der Waals surface area contributed by atoms with E-state index in [4.69, 9.17) is 14.6 Å². The highest BCUT2D eigenvalue weighted by atomic mass is 32.1. The molecule has 2 aromatic rings. The molecule has 0 radical (unpaired) electrons. The van der Waals surface area contributed by atoms with Gasteiger partial charge >= 0.3 is 5.97 Å². The van der Waals surface area contributed by atoms with Crippen molar-refractivity contribution in [3.8, 4) is 21.9 Å². The first kappa shape index (κ1) is 13.4. The summed E-state index contributed by atoms with van der Waals surface area (Å²) >= 11 is 1.34. The third-order valence-electron chi connectivity index (χ3n) is 2.58. The number of aromatic nitrogens is 1. The molecule has 0 amide bonds. The maximum Gasteiger partial charge on any atom is 0.356 e. The molecule has 0 atom stereocenters. The molecule has 19 heavy (non-hydrogen) atoms. The summed E-state index contributed by atoms with van der Waals surface area (Å²) in [6.45, 7) is 1.78. The van der Waals surface area contributed by atoms with E-state index in [1.165, 1.54) is 18.4 Å². The van der Waals surface area contributed by atoms with Crippen LogP contribution in [0.2, 0.25) is 0 Å². The number of carbonyl (C=O) groups is 1. The summed E-state index contributed by atoms with van der Waals surface area (Å²) < 4.78 is 10.4. The quantitative estimate of drug-likeness (QED) is 0.932. The molecule has 1 aromatic carbocycles. The molecule has 0 aliphatic rings. The third-order valence-corrected chi connectivity index (χ3v) is 3.60. The Balaban J connectivity index is 2.56. The molecule has 0 aliphatic heterocycles. The minimum Gasteiger partial charge on any atom is -0.493 e. The standard InChI is InChI=1S/C13H13NO4S/c1-7-14-11(13(15)16)12(19-7)8-4-5-9(17-2)10(6-8)18-3/h4-6H,1-3H3,(H,15,16). The first-order valence-electron chi connectivity index (χ1n) is 5.50. The highest BCUT2D eigenvalue weighted by molar-refractivity contribution is 7.15. The van der Waals surface area contributed by atoms with E-state index in [1.54, 1.807) is 32.2 Å². The van der Waals surface area contributed by atoms with Crippen molar-refractivity contribution in [2.24, 2.45) is 0 Å². The van der Waals surface area contributed by atoms with E-state index in [2.05, 4.69) is 4.98 Å². The molecule has 0 bridgehead atoms. The van der Waals surface area contributed by atoms with Gasteiger partial charge in [-0.2, -0.15) is 0 Å². The minimum absolute atomic E-state index is 0.0646. The molecule has 0 aliphatic carbocycles.